The first-order chi connectivity index (χ1) is 25.2. The first-order valence-corrected chi connectivity index (χ1v) is 19.5. The number of aromatic nitrogens is 3. The summed E-state index contributed by atoms with van der Waals surface area (Å²) in [6.45, 7) is 11.5. The number of nitrogens with zero attached hydrogens (tertiary/aromatic N) is 3. The zero-order valence-corrected chi connectivity index (χ0v) is 32.6. The number of aromatic hydroxyl groups is 1. The fraction of sp³-hybridized carbons (Fsp3) is 0.512. The summed E-state index contributed by atoms with van der Waals surface area (Å²) in [7, 11) is 0. The fourth-order valence-corrected chi connectivity index (χ4v) is 6.37. The Morgan fingerprint density at radius 1 is 0.635 bits per heavy atom. The summed E-state index contributed by atoms with van der Waals surface area (Å²) in [5, 5.41) is 21.7. The predicted octanol–water partition coefficient (Wildman–Crippen LogP) is 10.1. The Morgan fingerprint density at radius 2 is 1.15 bits per heavy atom. The van der Waals surface area contributed by atoms with E-state index in [4.69, 9.17) is 40.8 Å². The van der Waals surface area contributed by atoms with Crippen LogP contribution in [-0.2, 0) is 9.47 Å². The molecule has 0 aliphatic rings. The van der Waals surface area contributed by atoms with Gasteiger partial charge in [0, 0.05) is 23.8 Å². The van der Waals surface area contributed by atoms with Crippen LogP contribution in [0, 0.1) is 27.7 Å². The van der Waals surface area contributed by atoms with Gasteiger partial charge in [0.05, 0.1) is 30.8 Å². The molecule has 0 fully saturated rings. The maximum atomic E-state index is 11.1. The Hall–Kier alpha value is -3.56. The van der Waals surface area contributed by atoms with Gasteiger partial charge in [-0.3, -0.25) is 0 Å². The van der Waals surface area contributed by atoms with Crippen molar-refractivity contribution in [3.05, 3.63) is 76.9 Å². The molecule has 2 N–H and O–H groups in total. The van der Waals surface area contributed by atoms with Gasteiger partial charge < -0.3 is 24.4 Å². The second kappa shape index (κ2) is 21.8. The maximum Gasteiger partial charge on any atom is 0.167 e. The van der Waals surface area contributed by atoms with Gasteiger partial charge in [0.25, 0.3) is 0 Å². The second-order valence-electron chi connectivity index (χ2n) is 14.0. The van der Waals surface area contributed by atoms with Crippen molar-refractivity contribution in [2.75, 3.05) is 32.3 Å². The standard InChI is InChI=1S/C43H58ClN3O5/c1-6-7-8-9-10-11-12-13-14-15-22-50-29-36(26-44)52-28-34(48)27-51-35-18-21-39(40(49)25-35)43-46-41(37-19-16-30(2)23-32(37)4)45-42(47-43)38-20-17-31(3)24-33(38)5/h16-21,23-25,34,36,48-49H,6-15,22,26-29H2,1-5H3. The van der Waals surface area contributed by atoms with Crippen molar-refractivity contribution in [1.82, 2.24) is 15.0 Å². The molecule has 282 valence electrons. The summed E-state index contributed by atoms with van der Waals surface area (Å²) in [6.07, 6.45) is 11.6. The van der Waals surface area contributed by atoms with E-state index in [1.807, 2.05) is 38.1 Å². The first-order valence-electron chi connectivity index (χ1n) is 19.0. The van der Waals surface area contributed by atoms with Crippen molar-refractivity contribution in [1.29, 1.82) is 0 Å². The molecule has 0 amide bonds. The van der Waals surface area contributed by atoms with Gasteiger partial charge in [0.1, 0.15) is 24.2 Å². The lowest BCUT2D eigenvalue weighted by Gasteiger charge is -2.19. The van der Waals surface area contributed by atoms with E-state index < -0.39 is 6.10 Å². The molecule has 3 aromatic carbocycles. The molecule has 4 aromatic rings. The van der Waals surface area contributed by atoms with Crippen LogP contribution in [0.5, 0.6) is 11.5 Å². The maximum absolute atomic E-state index is 11.1. The number of ether oxygens (including phenoxy) is 3. The molecule has 52 heavy (non-hydrogen) atoms. The molecule has 9 heteroatoms. The number of alkyl halides is 1. The SMILES string of the molecule is CCCCCCCCCCCCOCC(CCl)OCC(O)COc1ccc(-c2nc(-c3ccc(C)cc3C)nc(-c3ccc(C)cc3C)n2)c(O)c1. The molecule has 1 aromatic heterocycles. The van der Waals surface area contributed by atoms with Crippen LogP contribution in [0.25, 0.3) is 34.2 Å². The molecular weight excluding hydrogens is 674 g/mol. The lowest BCUT2D eigenvalue weighted by Crippen LogP contribution is -2.30. The Balaban J connectivity index is 1.29. The number of hydrogen-bond acceptors (Lipinski definition) is 8. The Labute approximate surface area is 316 Å². The van der Waals surface area contributed by atoms with Crippen molar-refractivity contribution in [3.8, 4) is 45.7 Å². The van der Waals surface area contributed by atoms with Gasteiger partial charge in [-0.1, -0.05) is 112 Å². The van der Waals surface area contributed by atoms with E-state index in [0.717, 1.165) is 39.8 Å². The highest BCUT2D eigenvalue weighted by Crippen LogP contribution is 2.34. The van der Waals surface area contributed by atoms with E-state index in [2.05, 4.69) is 32.9 Å². The van der Waals surface area contributed by atoms with Gasteiger partial charge >= 0.3 is 0 Å². The van der Waals surface area contributed by atoms with Gasteiger partial charge in [-0.25, -0.2) is 15.0 Å². The van der Waals surface area contributed by atoms with Crippen LogP contribution in [-0.4, -0.2) is 69.7 Å². The van der Waals surface area contributed by atoms with Crippen LogP contribution >= 0.6 is 11.6 Å². The number of benzene rings is 3. The molecule has 0 spiro atoms. The second-order valence-corrected chi connectivity index (χ2v) is 14.3. The Morgan fingerprint density at radius 3 is 1.67 bits per heavy atom. The average molecular weight is 732 g/mol. The molecule has 0 bridgehead atoms. The third kappa shape index (κ3) is 13.1. The largest absolute Gasteiger partial charge is 0.507 e. The van der Waals surface area contributed by atoms with Crippen molar-refractivity contribution in [3.63, 3.8) is 0 Å². The molecular formula is C43H58ClN3O5. The molecule has 2 atom stereocenters. The van der Waals surface area contributed by atoms with Crippen molar-refractivity contribution in [2.45, 2.75) is 111 Å². The molecule has 0 radical (unpaired) electrons. The van der Waals surface area contributed by atoms with E-state index in [0.29, 0.717) is 42.0 Å². The van der Waals surface area contributed by atoms with Crippen LogP contribution in [0.4, 0.5) is 0 Å². The number of halogens is 1. The first kappa shape index (κ1) is 41.2. The molecule has 0 aliphatic carbocycles. The predicted molar refractivity (Wildman–Crippen MR) is 211 cm³/mol. The third-order valence-electron chi connectivity index (χ3n) is 9.18. The number of phenolic OH excluding ortho intramolecular Hbond substituents is 1. The van der Waals surface area contributed by atoms with E-state index >= 15 is 0 Å². The lowest BCUT2D eigenvalue weighted by molar-refractivity contribution is -0.0485. The topological polar surface area (TPSA) is 107 Å². The molecule has 0 saturated heterocycles. The van der Waals surface area contributed by atoms with Crippen LogP contribution in [0.3, 0.4) is 0 Å². The van der Waals surface area contributed by atoms with Gasteiger partial charge in [-0.2, -0.15) is 0 Å². The number of aliphatic hydroxyl groups excluding tert-OH is 1. The van der Waals surface area contributed by atoms with Crippen molar-refractivity contribution >= 4 is 11.6 Å². The summed E-state index contributed by atoms with van der Waals surface area (Å²) in [5.74, 6) is 2.02. The smallest absolute Gasteiger partial charge is 0.167 e. The third-order valence-corrected chi connectivity index (χ3v) is 9.52. The fourth-order valence-electron chi connectivity index (χ4n) is 6.19. The van der Waals surface area contributed by atoms with Gasteiger partial charge in [-0.05, 0) is 57.4 Å². The van der Waals surface area contributed by atoms with Crippen LogP contribution < -0.4 is 4.74 Å². The number of rotatable bonds is 23. The number of aryl methyl sites for hydroxylation is 4. The minimum atomic E-state index is -0.890. The van der Waals surface area contributed by atoms with E-state index in [9.17, 15) is 10.2 Å². The highest BCUT2D eigenvalue weighted by molar-refractivity contribution is 6.18. The monoisotopic (exact) mass is 731 g/mol. The summed E-state index contributed by atoms with van der Waals surface area (Å²) < 4.78 is 17.4. The zero-order chi connectivity index (χ0) is 37.3. The van der Waals surface area contributed by atoms with Gasteiger partial charge in [0.2, 0.25) is 0 Å². The van der Waals surface area contributed by atoms with E-state index in [-0.39, 0.29) is 30.9 Å². The molecule has 8 nitrogen and oxygen atoms in total. The Kier molecular flexibility index (Phi) is 17.3. The molecule has 4 rings (SSSR count). The summed E-state index contributed by atoms with van der Waals surface area (Å²) >= 11 is 6.11. The van der Waals surface area contributed by atoms with E-state index in [1.165, 1.54) is 63.9 Å². The Bertz CT molecular complexity index is 1610. The number of aliphatic hydroxyl groups is 1. The van der Waals surface area contributed by atoms with Crippen molar-refractivity contribution < 1.29 is 24.4 Å². The van der Waals surface area contributed by atoms with Crippen LogP contribution in [0.15, 0.2) is 54.6 Å². The zero-order valence-electron chi connectivity index (χ0n) is 31.8. The van der Waals surface area contributed by atoms with Crippen LogP contribution in [0.2, 0.25) is 0 Å². The van der Waals surface area contributed by atoms with Crippen LogP contribution in [0.1, 0.15) is 93.4 Å². The highest BCUT2D eigenvalue weighted by atomic mass is 35.5. The normalized spacial score (nSPS) is 12.6. The molecule has 1 heterocycles. The van der Waals surface area contributed by atoms with Crippen molar-refractivity contribution in [2.24, 2.45) is 0 Å². The lowest BCUT2D eigenvalue weighted by atomic mass is 10.0. The summed E-state index contributed by atoms with van der Waals surface area (Å²) in [6, 6.07) is 17.3. The molecule has 0 saturated carbocycles. The quantitative estimate of drug-likeness (QED) is 0.0574. The summed E-state index contributed by atoms with van der Waals surface area (Å²) in [5.41, 5.74) is 6.64. The number of phenols is 1. The minimum Gasteiger partial charge on any atom is -0.507 e. The number of hydrogen-bond donors (Lipinski definition) is 2. The highest BCUT2D eigenvalue weighted by Gasteiger charge is 2.18. The molecule has 0 aliphatic heterocycles. The van der Waals surface area contributed by atoms with Gasteiger partial charge in [-0.15, -0.1) is 11.6 Å². The van der Waals surface area contributed by atoms with Gasteiger partial charge in [0.15, 0.2) is 17.5 Å². The average Bonchev–Trinajstić information content (AvgIpc) is 3.12. The molecule has 2 unspecified atom stereocenters. The minimum absolute atomic E-state index is 0.0211. The summed E-state index contributed by atoms with van der Waals surface area (Å²) in [4.78, 5) is 14.5. The van der Waals surface area contributed by atoms with E-state index in [1.54, 1.807) is 12.1 Å². The number of unbranched alkanes of at least 4 members (excludes halogenated alkanes) is 9.